The van der Waals surface area contributed by atoms with Crippen LogP contribution in [0.1, 0.15) is 30.9 Å². The standard InChI is InChI=1S/C16H21FN4O/c1-2-19-16(21-7-5-14(22)6-8-21)20-11-13-9-12(10-18)3-4-15(13)17/h3-4,9,14,22H,2,5-8,11H2,1H3,(H,19,20). The van der Waals surface area contributed by atoms with Gasteiger partial charge in [-0.05, 0) is 38.0 Å². The molecule has 0 amide bonds. The lowest BCUT2D eigenvalue weighted by molar-refractivity contribution is 0.108. The largest absolute Gasteiger partial charge is 0.393 e. The number of nitrogens with one attached hydrogen (secondary N) is 1. The maximum absolute atomic E-state index is 13.8. The summed E-state index contributed by atoms with van der Waals surface area (Å²) in [5.41, 5.74) is 0.837. The Morgan fingerprint density at radius 1 is 1.50 bits per heavy atom. The van der Waals surface area contributed by atoms with Crippen LogP contribution in [0.5, 0.6) is 0 Å². The third kappa shape index (κ3) is 4.18. The quantitative estimate of drug-likeness (QED) is 0.657. The van der Waals surface area contributed by atoms with Crippen molar-refractivity contribution < 1.29 is 9.50 Å². The van der Waals surface area contributed by atoms with Crippen molar-refractivity contribution in [3.63, 3.8) is 0 Å². The predicted molar refractivity (Wildman–Crippen MR) is 82.7 cm³/mol. The molecule has 0 radical (unpaired) electrons. The number of piperidine rings is 1. The average molecular weight is 304 g/mol. The Morgan fingerprint density at radius 2 is 2.23 bits per heavy atom. The summed E-state index contributed by atoms with van der Waals surface area (Å²) in [5, 5.41) is 21.7. The molecule has 2 rings (SSSR count). The molecule has 0 spiro atoms. The van der Waals surface area contributed by atoms with Crippen molar-refractivity contribution in [1.82, 2.24) is 10.2 Å². The lowest BCUT2D eigenvalue weighted by Gasteiger charge is -2.32. The zero-order chi connectivity index (χ0) is 15.9. The Labute approximate surface area is 130 Å². The van der Waals surface area contributed by atoms with Gasteiger partial charge in [0.1, 0.15) is 5.82 Å². The summed E-state index contributed by atoms with van der Waals surface area (Å²) in [6, 6.07) is 6.29. The fourth-order valence-electron chi connectivity index (χ4n) is 2.43. The van der Waals surface area contributed by atoms with Gasteiger partial charge in [-0.3, -0.25) is 0 Å². The average Bonchev–Trinajstić information content (AvgIpc) is 2.53. The minimum absolute atomic E-state index is 0.183. The minimum Gasteiger partial charge on any atom is -0.393 e. The number of nitriles is 1. The molecule has 6 heteroatoms. The van der Waals surface area contributed by atoms with Crippen LogP contribution < -0.4 is 5.32 Å². The molecule has 1 fully saturated rings. The highest BCUT2D eigenvalue weighted by atomic mass is 19.1. The molecule has 118 valence electrons. The molecule has 1 aromatic rings. The van der Waals surface area contributed by atoms with Crippen LogP contribution in [0.4, 0.5) is 4.39 Å². The van der Waals surface area contributed by atoms with E-state index in [2.05, 4.69) is 15.2 Å². The zero-order valence-electron chi connectivity index (χ0n) is 12.7. The number of aliphatic hydroxyl groups is 1. The first kappa shape index (κ1) is 16.2. The molecule has 0 bridgehead atoms. The van der Waals surface area contributed by atoms with E-state index in [9.17, 15) is 9.50 Å². The molecule has 0 atom stereocenters. The number of rotatable bonds is 3. The summed E-state index contributed by atoms with van der Waals surface area (Å²) in [5.74, 6) is 0.365. The van der Waals surface area contributed by atoms with E-state index in [1.54, 1.807) is 0 Å². The van der Waals surface area contributed by atoms with Gasteiger partial charge in [-0.2, -0.15) is 5.26 Å². The Hall–Kier alpha value is -2.13. The lowest BCUT2D eigenvalue weighted by Crippen LogP contribution is -2.46. The summed E-state index contributed by atoms with van der Waals surface area (Å²) in [7, 11) is 0. The van der Waals surface area contributed by atoms with Crippen LogP contribution in [-0.4, -0.2) is 41.7 Å². The highest BCUT2D eigenvalue weighted by Gasteiger charge is 2.19. The maximum atomic E-state index is 13.8. The Kier molecular flexibility index (Phi) is 5.73. The summed E-state index contributed by atoms with van der Waals surface area (Å²) in [6.07, 6.45) is 1.18. The highest BCUT2D eigenvalue weighted by molar-refractivity contribution is 5.80. The molecular weight excluding hydrogens is 283 g/mol. The molecule has 1 aliphatic rings. The molecule has 0 aromatic heterocycles. The Balaban J connectivity index is 2.12. The van der Waals surface area contributed by atoms with Gasteiger partial charge < -0.3 is 15.3 Å². The monoisotopic (exact) mass is 304 g/mol. The van der Waals surface area contributed by atoms with E-state index in [1.165, 1.54) is 18.2 Å². The number of guanidine groups is 1. The molecule has 1 heterocycles. The van der Waals surface area contributed by atoms with Gasteiger partial charge in [-0.15, -0.1) is 0 Å². The van der Waals surface area contributed by atoms with E-state index in [0.717, 1.165) is 25.6 Å². The first-order valence-electron chi connectivity index (χ1n) is 7.54. The van der Waals surface area contributed by atoms with Crippen molar-refractivity contribution in [2.24, 2.45) is 4.99 Å². The zero-order valence-corrected chi connectivity index (χ0v) is 12.7. The first-order valence-corrected chi connectivity index (χ1v) is 7.54. The van der Waals surface area contributed by atoms with Crippen molar-refractivity contribution in [3.8, 4) is 6.07 Å². The van der Waals surface area contributed by atoms with Crippen LogP contribution in [0.2, 0.25) is 0 Å². The van der Waals surface area contributed by atoms with Crippen LogP contribution in [0.3, 0.4) is 0 Å². The highest BCUT2D eigenvalue weighted by Crippen LogP contribution is 2.13. The predicted octanol–water partition coefficient (Wildman–Crippen LogP) is 1.62. The Morgan fingerprint density at radius 3 is 2.86 bits per heavy atom. The fraction of sp³-hybridized carbons (Fsp3) is 0.500. The minimum atomic E-state index is -0.354. The van der Waals surface area contributed by atoms with Gasteiger partial charge in [0.05, 0.1) is 24.3 Å². The number of hydrogen-bond acceptors (Lipinski definition) is 3. The van der Waals surface area contributed by atoms with Gasteiger partial charge in [0.15, 0.2) is 5.96 Å². The number of nitrogens with zero attached hydrogens (tertiary/aromatic N) is 3. The van der Waals surface area contributed by atoms with Gasteiger partial charge in [0.25, 0.3) is 0 Å². The van der Waals surface area contributed by atoms with Crippen LogP contribution >= 0.6 is 0 Å². The summed E-state index contributed by atoms with van der Waals surface area (Å²) < 4.78 is 13.8. The first-order chi connectivity index (χ1) is 10.6. The fourth-order valence-corrected chi connectivity index (χ4v) is 2.43. The van der Waals surface area contributed by atoms with Gasteiger partial charge in [-0.1, -0.05) is 0 Å². The number of benzene rings is 1. The summed E-state index contributed by atoms with van der Waals surface area (Å²) in [6.45, 7) is 4.34. The Bertz CT molecular complexity index is 574. The molecule has 0 unspecified atom stereocenters. The van der Waals surface area contributed by atoms with E-state index in [4.69, 9.17) is 5.26 Å². The lowest BCUT2D eigenvalue weighted by atomic mass is 10.1. The van der Waals surface area contributed by atoms with Gasteiger partial charge >= 0.3 is 0 Å². The number of halogens is 1. The maximum Gasteiger partial charge on any atom is 0.194 e. The molecule has 1 aromatic carbocycles. The van der Waals surface area contributed by atoms with Crippen LogP contribution in [-0.2, 0) is 6.54 Å². The SMILES string of the molecule is CCNC(=NCc1cc(C#N)ccc1F)N1CCC(O)CC1. The van der Waals surface area contributed by atoms with E-state index < -0.39 is 0 Å². The van der Waals surface area contributed by atoms with Crippen LogP contribution in [0, 0.1) is 17.1 Å². The molecule has 2 N–H and O–H groups in total. The smallest absolute Gasteiger partial charge is 0.194 e. The van der Waals surface area contributed by atoms with Gasteiger partial charge in [0.2, 0.25) is 0 Å². The molecule has 22 heavy (non-hydrogen) atoms. The topological polar surface area (TPSA) is 71.7 Å². The third-order valence-electron chi connectivity index (χ3n) is 3.67. The summed E-state index contributed by atoms with van der Waals surface area (Å²) >= 11 is 0. The van der Waals surface area contributed by atoms with Crippen LogP contribution in [0.25, 0.3) is 0 Å². The molecule has 1 aliphatic heterocycles. The van der Waals surface area contributed by atoms with Crippen molar-refractivity contribution in [2.75, 3.05) is 19.6 Å². The normalized spacial score (nSPS) is 16.5. The number of hydrogen-bond donors (Lipinski definition) is 2. The van der Waals surface area contributed by atoms with Crippen molar-refractivity contribution in [2.45, 2.75) is 32.4 Å². The number of likely N-dealkylation sites (tertiary alicyclic amines) is 1. The number of aliphatic imine (C=N–C) groups is 1. The molecule has 0 aliphatic carbocycles. The molecule has 0 saturated carbocycles. The van der Waals surface area contributed by atoms with E-state index in [1.807, 2.05) is 13.0 Å². The second kappa shape index (κ2) is 7.76. The second-order valence-electron chi connectivity index (χ2n) is 5.31. The molecule has 5 nitrogen and oxygen atoms in total. The van der Waals surface area contributed by atoms with Crippen LogP contribution in [0.15, 0.2) is 23.2 Å². The summed E-state index contributed by atoms with van der Waals surface area (Å²) in [4.78, 5) is 6.54. The second-order valence-corrected chi connectivity index (χ2v) is 5.31. The molecule has 1 saturated heterocycles. The van der Waals surface area contributed by atoms with Crippen molar-refractivity contribution in [3.05, 3.63) is 35.1 Å². The van der Waals surface area contributed by atoms with E-state index >= 15 is 0 Å². The van der Waals surface area contributed by atoms with E-state index in [0.29, 0.717) is 24.0 Å². The van der Waals surface area contributed by atoms with Gasteiger partial charge in [0, 0.05) is 25.2 Å². The van der Waals surface area contributed by atoms with E-state index in [-0.39, 0.29) is 18.5 Å². The van der Waals surface area contributed by atoms with Gasteiger partial charge in [-0.25, -0.2) is 9.38 Å². The van der Waals surface area contributed by atoms with Crippen molar-refractivity contribution in [1.29, 1.82) is 5.26 Å². The number of aliphatic hydroxyl groups excluding tert-OH is 1. The molecular formula is C16H21FN4O. The van der Waals surface area contributed by atoms with Crippen molar-refractivity contribution >= 4 is 5.96 Å². The third-order valence-corrected chi connectivity index (χ3v) is 3.67.